The number of nitrogens with zero attached hydrogens (tertiary/aromatic N) is 2. The highest BCUT2D eigenvalue weighted by atomic mass is 32.2. The van der Waals surface area contributed by atoms with E-state index in [9.17, 15) is 9.59 Å². The summed E-state index contributed by atoms with van der Waals surface area (Å²) in [4.78, 5) is 26.9. The van der Waals surface area contributed by atoms with Gasteiger partial charge in [-0.05, 0) is 55.8 Å². The second-order valence-electron chi connectivity index (χ2n) is 7.51. The third kappa shape index (κ3) is 4.77. The van der Waals surface area contributed by atoms with Gasteiger partial charge in [0.1, 0.15) is 12.6 Å². The first-order chi connectivity index (χ1) is 15.0. The number of rotatable bonds is 5. The van der Waals surface area contributed by atoms with Crippen molar-refractivity contribution in [2.45, 2.75) is 26.5 Å². The number of carbonyl (C=O) groups is 2. The lowest BCUT2D eigenvalue weighted by Gasteiger charge is -2.22. The van der Waals surface area contributed by atoms with E-state index >= 15 is 0 Å². The van der Waals surface area contributed by atoms with Crippen LogP contribution in [0.25, 0.3) is 5.69 Å². The molecule has 2 aromatic carbocycles. The van der Waals surface area contributed by atoms with Gasteiger partial charge in [-0.3, -0.25) is 9.69 Å². The van der Waals surface area contributed by atoms with Crippen molar-refractivity contribution in [2.24, 2.45) is 0 Å². The number of benzene rings is 2. The van der Waals surface area contributed by atoms with Crippen molar-refractivity contribution in [3.8, 4) is 5.69 Å². The van der Waals surface area contributed by atoms with Crippen molar-refractivity contribution >= 4 is 29.4 Å². The highest BCUT2D eigenvalue weighted by Crippen LogP contribution is 2.24. The first-order valence-electron chi connectivity index (χ1n) is 10.1. The molecule has 0 spiro atoms. The second-order valence-corrected chi connectivity index (χ2v) is 8.51. The summed E-state index contributed by atoms with van der Waals surface area (Å²) in [6.07, 6.45) is -0.470. The SMILES string of the molecule is Cc1ccc(C)n1-c1ccc(NC(=O)[C@H]2CSCN2C(=O)OCc2ccccc2)cc1. The van der Waals surface area contributed by atoms with Crippen LogP contribution in [-0.4, -0.2) is 39.1 Å². The number of aryl methyl sites for hydroxylation is 2. The Morgan fingerprint density at radius 1 is 1.00 bits per heavy atom. The summed E-state index contributed by atoms with van der Waals surface area (Å²) >= 11 is 1.54. The fraction of sp³-hybridized carbons (Fsp3) is 0.250. The summed E-state index contributed by atoms with van der Waals surface area (Å²) in [6.45, 7) is 4.31. The average molecular weight is 436 g/mol. The molecule has 7 heteroatoms. The average Bonchev–Trinajstić information content (AvgIpc) is 3.40. The molecular weight excluding hydrogens is 410 g/mol. The van der Waals surface area contributed by atoms with Gasteiger partial charge in [-0.15, -0.1) is 11.8 Å². The summed E-state index contributed by atoms with van der Waals surface area (Å²) in [5, 5.41) is 2.93. The summed E-state index contributed by atoms with van der Waals surface area (Å²) in [6, 6.07) is 20.8. The van der Waals surface area contributed by atoms with Crippen molar-refractivity contribution in [1.29, 1.82) is 0 Å². The van der Waals surface area contributed by atoms with Gasteiger partial charge in [-0.2, -0.15) is 0 Å². The van der Waals surface area contributed by atoms with Crippen LogP contribution in [0.3, 0.4) is 0 Å². The van der Waals surface area contributed by atoms with Crippen LogP contribution < -0.4 is 5.32 Å². The molecule has 2 amide bonds. The Morgan fingerprint density at radius 2 is 1.68 bits per heavy atom. The number of aromatic nitrogens is 1. The maximum Gasteiger partial charge on any atom is 0.411 e. The standard InChI is InChI=1S/C24H25N3O3S/c1-17-8-9-18(2)27(17)21-12-10-20(11-13-21)25-23(28)22-15-31-16-26(22)24(29)30-14-19-6-4-3-5-7-19/h3-13,22H,14-16H2,1-2H3,(H,25,28)/t22-/m1/s1. The lowest BCUT2D eigenvalue weighted by atomic mass is 10.2. The van der Waals surface area contributed by atoms with Crippen LogP contribution in [0.2, 0.25) is 0 Å². The topological polar surface area (TPSA) is 63.6 Å². The molecule has 1 saturated heterocycles. The minimum absolute atomic E-state index is 0.189. The predicted molar refractivity (Wildman–Crippen MR) is 123 cm³/mol. The van der Waals surface area contributed by atoms with Crippen LogP contribution in [-0.2, 0) is 16.1 Å². The summed E-state index contributed by atoms with van der Waals surface area (Å²) in [7, 11) is 0. The molecule has 1 aliphatic heterocycles. The number of thioether (sulfide) groups is 1. The zero-order valence-electron chi connectivity index (χ0n) is 17.6. The van der Waals surface area contributed by atoms with Crippen LogP contribution in [0.4, 0.5) is 10.5 Å². The summed E-state index contributed by atoms with van der Waals surface area (Å²) < 4.78 is 7.57. The minimum Gasteiger partial charge on any atom is -0.445 e. The molecule has 6 nitrogen and oxygen atoms in total. The normalized spacial score (nSPS) is 15.7. The number of amides is 2. The van der Waals surface area contributed by atoms with Crippen molar-refractivity contribution in [1.82, 2.24) is 9.47 Å². The first-order valence-corrected chi connectivity index (χ1v) is 11.3. The molecule has 0 bridgehead atoms. The van der Waals surface area contributed by atoms with E-state index in [4.69, 9.17) is 4.74 Å². The van der Waals surface area contributed by atoms with E-state index < -0.39 is 12.1 Å². The lowest BCUT2D eigenvalue weighted by Crippen LogP contribution is -2.44. The number of hydrogen-bond acceptors (Lipinski definition) is 4. The van der Waals surface area contributed by atoms with E-state index in [-0.39, 0.29) is 12.5 Å². The third-order valence-electron chi connectivity index (χ3n) is 5.29. The fourth-order valence-electron chi connectivity index (χ4n) is 3.64. The zero-order chi connectivity index (χ0) is 21.8. The highest BCUT2D eigenvalue weighted by Gasteiger charge is 2.35. The number of anilines is 1. The van der Waals surface area contributed by atoms with E-state index in [0.717, 1.165) is 22.6 Å². The van der Waals surface area contributed by atoms with Gasteiger partial charge in [0.25, 0.3) is 0 Å². The largest absolute Gasteiger partial charge is 0.445 e. The van der Waals surface area contributed by atoms with E-state index in [0.29, 0.717) is 17.3 Å². The third-order valence-corrected chi connectivity index (χ3v) is 6.30. The smallest absolute Gasteiger partial charge is 0.411 e. The van der Waals surface area contributed by atoms with Gasteiger partial charge in [0.05, 0.1) is 5.88 Å². The van der Waals surface area contributed by atoms with E-state index in [2.05, 4.69) is 35.9 Å². The molecule has 1 aromatic heterocycles. The molecule has 0 unspecified atom stereocenters. The summed E-state index contributed by atoms with van der Waals surface area (Å²) in [5.74, 6) is 0.783. The van der Waals surface area contributed by atoms with Gasteiger partial charge >= 0.3 is 6.09 Å². The molecular formula is C24H25N3O3S. The van der Waals surface area contributed by atoms with Gasteiger partial charge in [0.2, 0.25) is 5.91 Å². The van der Waals surface area contributed by atoms with Crippen molar-refractivity contribution in [2.75, 3.05) is 16.9 Å². The molecule has 0 radical (unpaired) electrons. The van der Waals surface area contributed by atoms with Crippen LogP contribution in [0.5, 0.6) is 0 Å². The molecule has 1 fully saturated rings. The Labute approximate surface area is 186 Å². The van der Waals surface area contributed by atoms with Gasteiger partial charge in [-0.25, -0.2) is 4.79 Å². The first kappa shape index (κ1) is 21.1. The molecule has 2 heterocycles. The number of nitrogens with one attached hydrogen (secondary N) is 1. The highest BCUT2D eigenvalue weighted by molar-refractivity contribution is 7.99. The molecule has 160 valence electrons. The monoisotopic (exact) mass is 435 g/mol. The van der Waals surface area contributed by atoms with E-state index in [1.807, 2.05) is 54.6 Å². The molecule has 3 aromatic rings. The Balaban J connectivity index is 1.37. The van der Waals surface area contributed by atoms with Crippen LogP contribution in [0.1, 0.15) is 17.0 Å². The van der Waals surface area contributed by atoms with Crippen molar-refractivity contribution in [3.05, 3.63) is 83.7 Å². The zero-order valence-corrected chi connectivity index (χ0v) is 18.4. The van der Waals surface area contributed by atoms with Gasteiger partial charge in [-0.1, -0.05) is 30.3 Å². The van der Waals surface area contributed by atoms with E-state index in [1.165, 1.54) is 4.90 Å². The van der Waals surface area contributed by atoms with Crippen LogP contribution in [0.15, 0.2) is 66.7 Å². The molecule has 1 atom stereocenters. The molecule has 4 rings (SSSR count). The van der Waals surface area contributed by atoms with Crippen LogP contribution in [0, 0.1) is 13.8 Å². The maximum atomic E-state index is 12.8. The summed E-state index contributed by atoms with van der Waals surface area (Å²) in [5.41, 5.74) is 4.96. The van der Waals surface area contributed by atoms with Gasteiger partial charge < -0.3 is 14.6 Å². The Kier molecular flexibility index (Phi) is 6.32. The number of hydrogen-bond donors (Lipinski definition) is 1. The molecule has 1 N–H and O–H groups in total. The Hall–Kier alpha value is -3.19. The van der Waals surface area contributed by atoms with Crippen LogP contribution >= 0.6 is 11.8 Å². The Bertz CT molecular complexity index is 1040. The number of carbonyl (C=O) groups excluding carboxylic acids is 2. The van der Waals surface area contributed by atoms with Crippen molar-refractivity contribution in [3.63, 3.8) is 0 Å². The van der Waals surface area contributed by atoms with E-state index in [1.54, 1.807) is 11.8 Å². The van der Waals surface area contributed by atoms with Gasteiger partial charge in [0.15, 0.2) is 0 Å². The lowest BCUT2D eigenvalue weighted by molar-refractivity contribution is -0.119. The second kappa shape index (κ2) is 9.31. The number of ether oxygens (including phenoxy) is 1. The molecule has 0 saturated carbocycles. The van der Waals surface area contributed by atoms with Gasteiger partial charge in [0, 0.05) is 28.5 Å². The maximum absolute atomic E-state index is 12.8. The fourth-order valence-corrected chi connectivity index (χ4v) is 4.78. The molecule has 31 heavy (non-hydrogen) atoms. The predicted octanol–water partition coefficient (Wildman–Crippen LogP) is 4.74. The molecule has 0 aliphatic carbocycles. The van der Waals surface area contributed by atoms with Crippen molar-refractivity contribution < 1.29 is 14.3 Å². The minimum atomic E-state index is -0.554. The molecule has 1 aliphatic rings. The Morgan fingerprint density at radius 3 is 2.35 bits per heavy atom. The quantitative estimate of drug-likeness (QED) is 0.629.